The standard InChI is InChI=1S/C20H18ClNO3S/c21-15-6-8-16(9-7-15)25-13-19(23)22-12-17-10-11-18(26-17)20(24)14-4-2-1-3-5-14/h1-11,20,24H,12-13H2,(H,22,23)/t20-/m0/s1. The van der Waals surface area contributed by atoms with E-state index >= 15 is 0 Å². The van der Waals surface area contributed by atoms with Gasteiger partial charge in [0.25, 0.3) is 5.91 Å². The summed E-state index contributed by atoms with van der Waals surface area (Å²) in [5.41, 5.74) is 0.848. The predicted octanol–water partition coefficient (Wildman–Crippen LogP) is 4.18. The first-order valence-electron chi connectivity index (χ1n) is 8.08. The molecule has 1 atom stereocenters. The summed E-state index contributed by atoms with van der Waals surface area (Å²) in [4.78, 5) is 13.7. The van der Waals surface area contributed by atoms with Crippen LogP contribution in [-0.2, 0) is 11.3 Å². The number of thiophene rings is 1. The van der Waals surface area contributed by atoms with Crippen LogP contribution in [0.5, 0.6) is 5.75 Å². The fourth-order valence-electron chi connectivity index (χ4n) is 2.35. The van der Waals surface area contributed by atoms with Crippen molar-refractivity contribution in [3.05, 3.63) is 87.1 Å². The first-order valence-corrected chi connectivity index (χ1v) is 9.28. The van der Waals surface area contributed by atoms with Crippen LogP contribution >= 0.6 is 22.9 Å². The maximum atomic E-state index is 11.9. The van der Waals surface area contributed by atoms with E-state index < -0.39 is 6.10 Å². The summed E-state index contributed by atoms with van der Waals surface area (Å²) >= 11 is 7.28. The Labute approximate surface area is 161 Å². The maximum Gasteiger partial charge on any atom is 0.258 e. The van der Waals surface area contributed by atoms with Gasteiger partial charge in [-0.05, 0) is 42.0 Å². The minimum atomic E-state index is -0.654. The lowest BCUT2D eigenvalue weighted by molar-refractivity contribution is -0.123. The lowest BCUT2D eigenvalue weighted by atomic mass is 10.1. The Morgan fingerprint density at radius 1 is 1.08 bits per heavy atom. The molecule has 0 bridgehead atoms. The third kappa shape index (κ3) is 5.08. The van der Waals surface area contributed by atoms with Crippen molar-refractivity contribution < 1.29 is 14.6 Å². The molecule has 1 heterocycles. The molecule has 0 aliphatic carbocycles. The molecule has 0 radical (unpaired) electrons. The molecule has 0 unspecified atom stereocenters. The predicted molar refractivity (Wildman–Crippen MR) is 104 cm³/mol. The first kappa shape index (κ1) is 18.5. The molecule has 1 amide bonds. The van der Waals surface area contributed by atoms with E-state index in [9.17, 15) is 9.90 Å². The molecule has 0 saturated heterocycles. The Balaban J connectivity index is 1.48. The molecular weight excluding hydrogens is 370 g/mol. The Kier molecular flexibility index (Phi) is 6.28. The molecule has 6 heteroatoms. The van der Waals surface area contributed by atoms with E-state index in [1.165, 1.54) is 11.3 Å². The maximum absolute atomic E-state index is 11.9. The highest BCUT2D eigenvalue weighted by Gasteiger charge is 2.13. The van der Waals surface area contributed by atoms with Crippen LogP contribution in [0.1, 0.15) is 21.4 Å². The Bertz CT molecular complexity index is 849. The van der Waals surface area contributed by atoms with E-state index in [-0.39, 0.29) is 12.5 Å². The van der Waals surface area contributed by atoms with Crippen LogP contribution in [-0.4, -0.2) is 17.6 Å². The third-order valence-electron chi connectivity index (χ3n) is 3.71. The first-order chi connectivity index (χ1) is 12.6. The minimum Gasteiger partial charge on any atom is -0.484 e. The van der Waals surface area contributed by atoms with E-state index in [1.807, 2.05) is 42.5 Å². The number of carbonyl (C=O) groups is 1. The van der Waals surface area contributed by atoms with Crippen LogP contribution in [0.15, 0.2) is 66.7 Å². The third-order valence-corrected chi connectivity index (χ3v) is 5.10. The Morgan fingerprint density at radius 3 is 2.54 bits per heavy atom. The van der Waals surface area contributed by atoms with Gasteiger partial charge in [-0.15, -0.1) is 11.3 Å². The Hall–Kier alpha value is -2.34. The van der Waals surface area contributed by atoms with E-state index in [0.29, 0.717) is 17.3 Å². The monoisotopic (exact) mass is 387 g/mol. The number of halogens is 1. The van der Waals surface area contributed by atoms with Crippen LogP contribution in [0.3, 0.4) is 0 Å². The highest BCUT2D eigenvalue weighted by Crippen LogP contribution is 2.28. The van der Waals surface area contributed by atoms with Gasteiger partial charge in [-0.25, -0.2) is 0 Å². The van der Waals surface area contributed by atoms with Crippen LogP contribution in [0.2, 0.25) is 5.02 Å². The van der Waals surface area contributed by atoms with Gasteiger partial charge in [0.1, 0.15) is 11.9 Å². The van der Waals surface area contributed by atoms with Crippen LogP contribution in [0.4, 0.5) is 0 Å². The number of aliphatic hydroxyl groups is 1. The number of ether oxygens (including phenoxy) is 1. The fourth-order valence-corrected chi connectivity index (χ4v) is 3.45. The molecule has 1 aromatic heterocycles. The zero-order chi connectivity index (χ0) is 18.4. The van der Waals surface area contributed by atoms with Gasteiger partial charge < -0.3 is 15.2 Å². The van der Waals surface area contributed by atoms with Gasteiger partial charge >= 0.3 is 0 Å². The van der Waals surface area contributed by atoms with Crippen molar-refractivity contribution in [3.63, 3.8) is 0 Å². The lowest BCUT2D eigenvalue weighted by Gasteiger charge is -2.08. The number of aliphatic hydroxyl groups excluding tert-OH is 1. The smallest absolute Gasteiger partial charge is 0.258 e. The molecular formula is C20H18ClNO3S. The summed E-state index contributed by atoms with van der Waals surface area (Å²) in [6.07, 6.45) is -0.654. The van der Waals surface area contributed by atoms with Gasteiger partial charge in [-0.1, -0.05) is 41.9 Å². The molecule has 0 aliphatic rings. The van der Waals surface area contributed by atoms with Crippen molar-refractivity contribution in [2.75, 3.05) is 6.61 Å². The summed E-state index contributed by atoms with van der Waals surface area (Å²) < 4.78 is 5.41. The van der Waals surface area contributed by atoms with Crippen molar-refractivity contribution >= 4 is 28.8 Å². The number of carbonyl (C=O) groups excluding carboxylic acids is 1. The van der Waals surface area contributed by atoms with Crippen molar-refractivity contribution in [2.24, 2.45) is 0 Å². The zero-order valence-electron chi connectivity index (χ0n) is 13.9. The van der Waals surface area contributed by atoms with Crippen molar-refractivity contribution in [3.8, 4) is 5.75 Å². The number of benzene rings is 2. The van der Waals surface area contributed by atoms with Gasteiger partial charge in [0, 0.05) is 14.8 Å². The minimum absolute atomic E-state index is 0.0630. The molecule has 3 rings (SSSR count). The van der Waals surface area contributed by atoms with Gasteiger partial charge in [-0.2, -0.15) is 0 Å². The summed E-state index contributed by atoms with van der Waals surface area (Å²) in [5, 5.41) is 13.8. The van der Waals surface area contributed by atoms with Crippen molar-refractivity contribution in [2.45, 2.75) is 12.6 Å². The molecule has 4 nitrogen and oxygen atoms in total. The largest absolute Gasteiger partial charge is 0.484 e. The molecule has 0 saturated carbocycles. The van der Waals surface area contributed by atoms with E-state index in [0.717, 1.165) is 15.3 Å². The van der Waals surface area contributed by atoms with E-state index in [2.05, 4.69) is 5.32 Å². The van der Waals surface area contributed by atoms with Crippen LogP contribution in [0, 0.1) is 0 Å². The highest BCUT2D eigenvalue weighted by atomic mass is 35.5. The zero-order valence-corrected chi connectivity index (χ0v) is 15.5. The normalized spacial score (nSPS) is 11.8. The van der Waals surface area contributed by atoms with Gasteiger partial charge in [-0.3, -0.25) is 4.79 Å². The second-order valence-electron chi connectivity index (χ2n) is 5.64. The summed E-state index contributed by atoms with van der Waals surface area (Å²) in [6.45, 7) is 0.335. The number of nitrogens with one attached hydrogen (secondary N) is 1. The summed E-state index contributed by atoms with van der Waals surface area (Å²) in [7, 11) is 0. The topological polar surface area (TPSA) is 58.6 Å². The lowest BCUT2D eigenvalue weighted by Crippen LogP contribution is -2.28. The quantitative estimate of drug-likeness (QED) is 0.639. The van der Waals surface area contributed by atoms with Gasteiger partial charge in [0.15, 0.2) is 6.61 Å². The second-order valence-corrected chi connectivity index (χ2v) is 7.27. The van der Waals surface area contributed by atoms with Crippen LogP contribution in [0.25, 0.3) is 0 Å². The summed E-state index contributed by atoms with van der Waals surface area (Å²) in [6, 6.07) is 20.1. The molecule has 0 fully saturated rings. The van der Waals surface area contributed by atoms with Crippen molar-refractivity contribution in [1.82, 2.24) is 5.32 Å². The number of rotatable bonds is 7. The molecule has 0 aliphatic heterocycles. The molecule has 3 aromatic rings. The van der Waals surface area contributed by atoms with E-state index in [4.69, 9.17) is 16.3 Å². The second kappa shape index (κ2) is 8.85. The number of hydrogen-bond donors (Lipinski definition) is 2. The number of amides is 1. The van der Waals surface area contributed by atoms with Gasteiger partial charge in [0.2, 0.25) is 0 Å². The SMILES string of the molecule is O=C(COc1ccc(Cl)cc1)NCc1ccc([C@@H](O)c2ccccc2)s1. The number of hydrogen-bond acceptors (Lipinski definition) is 4. The van der Waals surface area contributed by atoms with Crippen molar-refractivity contribution in [1.29, 1.82) is 0 Å². The Morgan fingerprint density at radius 2 is 1.81 bits per heavy atom. The van der Waals surface area contributed by atoms with Crippen LogP contribution < -0.4 is 10.1 Å². The fraction of sp³-hybridized carbons (Fsp3) is 0.150. The molecule has 2 N–H and O–H groups in total. The van der Waals surface area contributed by atoms with E-state index in [1.54, 1.807) is 24.3 Å². The summed E-state index contributed by atoms with van der Waals surface area (Å²) in [5.74, 6) is 0.382. The molecule has 0 spiro atoms. The average Bonchev–Trinajstić information content (AvgIpc) is 3.15. The molecule has 26 heavy (non-hydrogen) atoms. The molecule has 134 valence electrons. The molecule has 2 aromatic carbocycles. The highest BCUT2D eigenvalue weighted by molar-refractivity contribution is 7.12. The average molecular weight is 388 g/mol. The van der Waals surface area contributed by atoms with Gasteiger partial charge in [0.05, 0.1) is 6.54 Å².